The minimum Gasteiger partial charge on any atom is -0.429 e. The highest BCUT2D eigenvalue weighted by Gasteiger charge is 2.27. The molecule has 1 aromatic rings. The van der Waals surface area contributed by atoms with Crippen molar-refractivity contribution in [2.45, 2.75) is 19.8 Å². The molecule has 2 rings (SSSR count). The Hall–Kier alpha value is -0.430. The van der Waals surface area contributed by atoms with Gasteiger partial charge in [0.2, 0.25) is 0 Å². The molecular weight excluding hydrogens is 266 g/mol. The molecule has 0 aliphatic carbocycles. The molecule has 0 saturated heterocycles. The van der Waals surface area contributed by atoms with Crippen LogP contribution < -0.4 is 4.52 Å². The van der Waals surface area contributed by atoms with Crippen LogP contribution in [0, 0.1) is 0 Å². The zero-order valence-corrected chi connectivity index (χ0v) is 11.1. The van der Waals surface area contributed by atoms with Crippen molar-refractivity contribution in [2.75, 3.05) is 0 Å². The third-order valence-electron chi connectivity index (χ3n) is 2.34. The fourth-order valence-electron chi connectivity index (χ4n) is 1.72. The standard InChI is InChI=1S/C11H11Cl2O2P/c1-2-3-8-7-16(13,14)15-11-5-4-9(12)6-10(8)11/h4-7H,2-3H2,1H3/t16-/m0/s1. The molecule has 0 spiro atoms. The molecule has 1 aliphatic heterocycles. The van der Waals surface area contributed by atoms with E-state index in [4.69, 9.17) is 27.4 Å². The molecule has 0 saturated carbocycles. The molecule has 1 atom stereocenters. The van der Waals surface area contributed by atoms with Gasteiger partial charge in [-0.2, -0.15) is 0 Å². The van der Waals surface area contributed by atoms with Crippen molar-refractivity contribution in [1.82, 2.24) is 0 Å². The van der Waals surface area contributed by atoms with E-state index in [9.17, 15) is 4.57 Å². The molecule has 2 nitrogen and oxygen atoms in total. The van der Waals surface area contributed by atoms with Gasteiger partial charge >= 0.3 is 6.72 Å². The van der Waals surface area contributed by atoms with E-state index in [1.807, 2.05) is 6.07 Å². The Labute approximate surface area is 104 Å². The minimum atomic E-state index is -3.15. The molecule has 16 heavy (non-hydrogen) atoms. The average Bonchev–Trinajstić information content (AvgIpc) is 2.18. The summed E-state index contributed by atoms with van der Waals surface area (Å²) in [6, 6.07) is 5.22. The Kier molecular flexibility index (Phi) is 3.34. The van der Waals surface area contributed by atoms with Gasteiger partial charge in [0, 0.05) is 16.4 Å². The van der Waals surface area contributed by atoms with Gasteiger partial charge < -0.3 is 4.52 Å². The number of benzene rings is 1. The Balaban J connectivity index is 2.54. The summed E-state index contributed by atoms with van der Waals surface area (Å²) in [5.41, 5.74) is 1.84. The summed E-state index contributed by atoms with van der Waals surface area (Å²) in [6.45, 7) is -1.10. The second kappa shape index (κ2) is 4.44. The van der Waals surface area contributed by atoms with Gasteiger partial charge in [0.05, 0.1) is 0 Å². The largest absolute Gasteiger partial charge is 0.429 e. The molecule has 5 heteroatoms. The molecule has 0 N–H and O–H groups in total. The van der Waals surface area contributed by atoms with Gasteiger partial charge in [0.25, 0.3) is 0 Å². The van der Waals surface area contributed by atoms with E-state index in [2.05, 4.69) is 6.92 Å². The molecule has 1 aliphatic rings. The molecule has 1 aromatic carbocycles. The number of halogens is 2. The highest BCUT2D eigenvalue weighted by Crippen LogP contribution is 2.60. The predicted molar refractivity (Wildman–Crippen MR) is 68.4 cm³/mol. The molecule has 0 amide bonds. The Morgan fingerprint density at radius 1 is 1.44 bits per heavy atom. The summed E-state index contributed by atoms with van der Waals surface area (Å²) in [5, 5.41) is 0.635. The van der Waals surface area contributed by atoms with Crippen LogP contribution in [0.25, 0.3) is 5.57 Å². The SMILES string of the molecule is CCCC1=C[P@@](=O)(Cl)Oc2ccc(Cl)cc21. The summed E-state index contributed by atoms with van der Waals surface area (Å²) in [6.07, 6.45) is 1.77. The first kappa shape index (κ1) is 12.0. The number of hydrogen-bond donors (Lipinski definition) is 0. The van der Waals surface area contributed by atoms with Gasteiger partial charge in [0.1, 0.15) is 5.75 Å². The van der Waals surface area contributed by atoms with Crippen molar-refractivity contribution in [3.63, 3.8) is 0 Å². The van der Waals surface area contributed by atoms with Crippen LogP contribution in [0.4, 0.5) is 0 Å². The fraction of sp³-hybridized carbons (Fsp3) is 0.273. The lowest BCUT2D eigenvalue weighted by Gasteiger charge is -2.21. The smallest absolute Gasteiger partial charge is 0.359 e. The molecule has 0 radical (unpaired) electrons. The van der Waals surface area contributed by atoms with Crippen LogP contribution in [0.2, 0.25) is 5.02 Å². The van der Waals surface area contributed by atoms with Crippen molar-refractivity contribution in [1.29, 1.82) is 0 Å². The van der Waals surface area contributed by atoms with E-state index in [-0.39, 0.29) is 0 Å². The normalized spacial score (nSPS) is 23.3. The van der Waals surface area contributed by atoms with E-state index < -0.39 is 6.72 Å². The second-order valence-electron chi connectivity index (χ2n) is 3.66. The van der Waals surface area contributed by atoms with Crippen LogP contribution in [0.3, 0.4) is 0 Å². The first-order valence-electron chi connectivity index (χ1n) is 5.02. The van der Waals surface area contributed by atoms with Gasteiger partial charge in [0.15, 0.2) is 0 Å². The second-order valence-corrected chi connectivity index (χ2v) is 6.99. The van der Waals surface area contributed by atoms with Gasteiger partial charge in [-0.3, -0.25) is 4.57 Å². The van der Waals surface area contributed by atoms with E-state index >= 15 is 0 Å². The zero-order chi connectivity index (χ0) is 11.8. The molecule has 1 heterocycles. The van der Waals surface area contributed by atoms with Crippen LogP contribution in [0.5, 0.6) is 5.75 Å². The number of fused-ring (bicyclic) bond motifs is 1. The maximum Gasteiger partial charge on any atom is 0.359 e. The molecular formula is C11H11Cl2O2P. The van der Waals surface area contributed by atoms with Crippen LogP contribution in [-0.4, -0.2) is 0 Å². The Bertz CT molecular complexity index is 497. The van der Waals surface area contributed by atoms with E-state index in [0.717, 1.165) is 24.0 Å². The topological polar surface area (TPSA) is 26.3 Å². The van der Waals surface area contributed by atoms with Crippen molar-refractivity contribution in [3.05, 3.63) is 34.6 Å². The first-order chi connectivity index (χ1) is 7.52. The van der Waals surface area contributed by atoms with Crippen LogP contribution >= 0.6 is 29.6 Å². The molecule has 0 bridgehead atoms. The number of hydrogen-bond acceptors (Lipinski definition) is 2. The van der Waals surface area contributed by atoms with Crippen molar-refractivity contribution < 1.29 is 9.09 Å². The molecule has 0 unspecified atom stereocenters. The summed E-state index contributed by atoms with van der Waals surface area (Å²) in [4.78, 5) is 0. The molecule has 0 fully saturated rings. The average molecular weight is 277 g/mol. The third kappa shape index (κ3) is 2.45. The molecule has 0 aromatic heterocycles. The van der Waals surface area contributed by atoms with Gasteiger partial charge in [-0.1, -0.05) is 24.9 Å². The third-order valence-corrected chi connectivity index (χ3v) is 4.14. The van der Waals surface area contributed by atoms with Crippen molar-refractivity contribution >= 4 is 35.1 Å². The Morgan fingerprint density at radius 2 is 2.19 bits per heavy atom. The summed E-state index contributed by atoms with van der Waals surface area (Å²) in [7, 11) is 0. The van der Waals surface area contributed by atoms with Gasteiger partial charge in [-0.25, -0.2) is 0 Å². The lowest BCUT2D eigenvalue weighted by molar-refractivity contribution is 0.504. The van der Waals surface area contributed by atoms with Crippen molar-refractivity contribution in [2.24, 2.45) is 0 Å². The van der Waals surface area contributed by atoms with Gasteiger partial charge in [-0.15, -0.1) is 0 Å². The summed E-state index contributed by atoms with van der Waals surface area (Å²) >= 11 is 11.7. The first-order valence-corrected chi connectivity index (χ1v) is 8.00. The quantitative estimate of drug-likeness (QED) is 0.685. The molecule has 86 valence electrons. The summed E-state index contributed by atoms with van der Waals surface area (Å²) in [5.74, 6) is 2.07. The fourth-order valence-corrected chi connectivity index (χ4v) is 3.59. The van der Waals surface area contributed by atoms with E-state index in [1.54, 1.807) is 12.1 Å². The van der Waals surface area contributed by atoms with E-state index in [1.165, 1.54) is 5.82 Å². The van der Waals surface area contributed by atoms with E-state index in [0.29, 0.717) is 10.8 Å². The predicted octanol–water partition coefficient (Wildman–Crippen LogP) is 5.31. The zero-order valence-electron chi connectivity index (χ0n) is 8.74. The number of rotatable bonds is 2. The highest BCUT2D eigenvalue weighted by molar-refractivity contribution is 7.88. The number of allylic oxidation sites excluding steroid dienone is 1. The lowest BCUT2D eigenvalue weighted by atomic mass is 10.0. The highest BCUT2D eigenvalue weighted by atomic mass is 35.7. The minimum absolute atomic E-state index is 0.550. The Morgan fingerprint density at radius 3 is 2.88 bits per heavy atom. The van der Waals surface area contributed by atoms with Crippen molar-refractivity contribution in [3.8, 4) is 5.75 Å². The maximum atomic E-state index is 11.8. The van der Waals surface area contributed by atoms with Crippen LogP contribution in [0.15, 0.2) is 24.0 Å². The van der Waals surface area contributed by atoms with Crippen LogP contribution in [-0.2, 0) is 4.57 Å². The monoisotopic (exact) mass is 276 g/mol. The maximum absolute atomic E-state index is 11.8. The van der Waals surface area contributed by atoms with Crippen LogP contribution in [0.1, 0.15) is 25.3 Å². The lowest BCUT2D eigenvalue weighted by Crippen LogP contribution is -1.98. The van der Waals surface area contributed by atoms with Gasteiger partial charge in [-0.05, 0) is 41.4 Å². The summed E-state index contributed by atoms with van der Waals surface area (Å²) < 4.78 is 17.0.